The van der Waals surface area contributed by atoms with E-state index < -0.39 is 36.4 Å². The molecule has 1 amide bonds. The quantitative estimate of drug-likeness (QED) is 0.235. The van der Waals surface area contributed by atoms with Gasteiger partial charge < -0.3 is 22.0 Å². The Labute approximate surface area is 102 Å². The van der Waals surface area contributed by atoms with Gasteiger partial charge >= 0.3 is 6.18 Å². The van der Waals surface area contributed by atoms with Crippen LogP contribution in [-0.2, 0) is 4.79 Å². The van der Waals surface area contributed by atoms with E-state index >= 15 is 0 Å². The van der Waals surface area contributed by atoms with Crippen LogP contribution in [0.4, 0.5) is 13.2 Å². The number of nitrogens with two attached hydrogens (primary N) is 2. The molecular weight excluding hydrogens is 253 g/mol. The number of carbonyl (C=O) groups is 1. The second-order valence-electron chi connectivity index (χ2n) is 4.15. The number of nitrogens with one attached hydrogen (secondary N) is 1. The number of oxime groups is 1. The van der Waals surface area contributed by atoms with Crippen molar-refractivity contribution in [1.82, 2.24) is 5.32 Å². The lowest BCUT2D eigenvalue weighted by molar-refractivity contribution is -0.155. The van der Waals surface area contributed by atoms with Crippen LogP contribution in [0.2, 0.25) is 0 Å². The van der Waals surface area contributed by atoms with Crippen LogP contribution in [0.3, 0.4) is 0 Å². The maximum absolute atomic E-state index is 12.6. The van der Waals surface area contributed by atoms with E-state index in [0.717, 1.165) is 0 Å². The molecule has 2 unspecified atom stereocenters. The van der Waals surface area contributed by atoms with E-state index in [0.29, 0.717) is 0 Å². The summed E-state index contributed by atoms with van der Waals surface area (Å²) in [6.45, 7) is 2.58. The predicted octanol–water partition coefficient (Wildman–Crippen LogP) is 0.0108. The van der Waals surface area contributed by atoms with Gasteiger partial charge in [-0.15, -0.1) is 0 Å². The molecule has 0 heterocycles. The minimum atomic E-state index is -4.68. The molecule has 0 saturated carbocycles. The first kappa shape index (κ1) is 16.5. The highest BCUT2D eigenvalue weighted by atomic mass is 19.4. The molecule has 9 heteroatoms. The highest BCUT2D eigenvalue weighted by Gasteiger charge is 2.43. The molecule has 0 spiro atoms. The van der Waals surface area contributed by atoms with Gasteiger partial charge in [0.1, 0.15) is 5.92 Å². The molecule has 0 saturated heterocycles. The van der Waals surface area contributed by atoms with Crippen LogP contribution in [0.1, 0.15) is 13.8 Å². The summed E-state index contributed by atoms with van der Waals surface area (Å²) >= 11 is 0. The fraction of sp³-hybridized carbons (Fsp3) is 0.778. The molecule has 18 heavy (non-hydrogen) atoms. The molecule has 6 nitrogen and oxygen atoms in total. The van der Waals surface area contributed by atoms with E-state index in [9.17, 15) is 18.0 Å². The Morgan fingerprint density at radius 2 is 1.89 bits per heavy atom. The molecule has 0 aliphatic carbocycles. The van der Waals surface area contributed by atoms with Crippen molar-refractivity contribution in [3.63, 3.8) is 0 Å². The standard InChI is InChI=1S/C9H17F3N4O2/c1-4(2)6(8(14)17)15-3-5(7(13)16-18)9(10,11)12/h4-6,15,18H,3H2,1-2H3,(H2,13,16)(H2,14,17). The summed E-state index contributed by atoms with van der Waals surface area (Å²) < 4.78 is 37.7. The highest BCUT2D eigenvalue weighted by molar-refractivity contribution is 5.83. The second-order valence-corrected chi connectivity index (χ2v) is 4.15. The number of rotatable bonds is 6. The SMILES string of the molecule is CC(C)C(NCC(C(N)=NO)C(F)(F)F)C(N)=O. The molecule has 0 aliphatic rings. The number of carbonyl (C=O) groups excluding carboxylic acids is 1. The van der Waals surface area contributed by atoms with E-state index in [4.69, 9.17) is 16.7 Å². The first-order valence-corrected chi connectivity index (χ1v) is 5.18. The van der Waals surface area contributed by atoms with Crippen LogP contribution in [-0.4, -0.2) is 35.7 Å². The van der Waals surface area contributed by atoms with Gasteiger partial charge in [0.25, 0.3) is 0 Å². The van der Waals surface area contributed by atoms with Gasteiger partial charge in [0.15, 0.2) is 5.84 Å². The summed E-state index contributed by atoms with van der Waals surface area (Å²) in [6.07, 6.45) is -4.68. The zero-order valence-corrected chi connectivity index (χ0v) is 10.0. The lowest BCUT2D eigenvalue weighted by Gasteiger charge is -2.24. The van der Waals surface area contributed by atoms with Crippen molar-refractivity contribution < 1.29 is 23.2 Å². The molecule has 106 valence electrons. The summed E-state index contributed by atoms with van der Waals surface area (Å²) in [4.78, 5) is 11.0. The number of alkyl halides is 3. The van der Waals surface area contributed by atoms with Crippen molar-refractivity contribution in [2.45, 2.75) is 26.1 Å². The zero-order chi connectivity index (χ0) is 14.5. The monoisotopic (exact) mass is 270 g/mol. The maximum Gasteiger partial charge on any atom is 0.400 e. The molecule has 6 N–H and O–H groups in total. The third kappa shape index (κ3) is 4.78. The van der Waals surface area contributed by atoms with Gasteiger partial charge in [-0.3, -0.25) is 4.79 Å². The van der Waals surface area contributed by atoms with Gasteiger partial charge in [-0.25, -0.2) is 0 Å². The van der Waals surface area contributed by atoms with Gasteiger partial charge in [-0.05, 0) is 5.92 Å². The Morgan fingerprint density at radius 1 is 1.39 bits per heavy atom. The third-order valence-electron chi connectivity index (χ3n) is 2.38. The summed E-state index contributed by atoms with van der Waals surface area (Å²) in [6, 6.07) is -0.915. The third-order valence-corrected chi connectivity index (χ3v) is 2.38. The number of nitrogens with zero attached hydrogens (tertiary/aromatic N) is 1. The fourth-order valence-corrected chi connectivity index (χ4v) is 1.37. The van der Waals surface area contributed by atoms with Crippen LogP contribution in [0, 0.1) is 11.8 Å². The van der Waals surface area contributed by atoms with Crippen LogP contribution in [0.25, 0.3) is 0 Å². The Balaban J connectivity index is 4.77. The number of amides is 1. The van der Waals surface area contributed by atoms with E-state index in [2.05, 4.69) is 10.5 Å². The zero-order valence-electron chi connectivity index (χ0n) is 10.0. The fourth-order valence-electron chi connectivity index (χ4n) is 1.37. The molecule has 0 bridgehead atoms. The van der Waals surface area contributed by atoms with Gasteiger partial charge in [-0.2, -0.15) is 13.2 Å². The van der Waals surface area contributed by atoms with Crippen molar-refractivity contribution in [2.24, 2.45) is 28.5 Å². The number of amidine groups is 1. The first-order valence-electron chi connectivity index (χ1n) is 5.18. The maximum atomic E-state index is 12.6. The number of hydrogen-bond donors (Lipinski definition) is 4. The Kier molecular flexibility index (Phi) is 5.89. The summed E-state index contributed by atoms with van der Waals surface area (Å²) in [5, 5.41) is 13.0. The minimum Gasteiger partial charge on any atom is -0.409 e. The second kappa shape index (κ2) is 6.43. The lowest BCUT2D eigenvalue weighted by atomic mass is 10.0. The smallest absolute Gasteiger partial charge is 0.400 e. The number of halogens is 3. The van der Waals surface area contributed by atoms with Crippen molar-refractivity contribution in [1.29, 1.82) is 0 Å². The van der Waals surface area contributed by atoms with E-state index in [1.807, 2.05) is 0 Å². The average Bonchev–Trinajstić information content (AvgIpc) is 2.20. The highest BCUT2D eigenvalue weighted by Crippen LogP contribution is 2.26. The molecular formula is C9H17F3N4O2. The van der Waals surface area contributed by atoms with Crippen LogP contribution >= 0.6 is 0 Å². The molecule has 0 aromatic rings. The molecule has 0 fully saturated rings. The molecule has 0 rings (SSSR count). The van der Waals surface area contributed by atoms with Gasteiger partial charge in [0.2, 0.25) is 5.91 Å². The molecule has 2 atom stereocenters. The summed E-state index contributed by atoms with van der Waals surface area (Å²) in [5.74, 6) is -4.18. The summed E-state index contributed by atoms with van der Waals surface area (Å²) in [7, 11) is 0. The summed E-state index contributed by atoms with van der Waals surface area (Å²) in [5.41, 5.74) is 10.0. The van der Waals surface area contributed by atoms with Crippen LogP contribution in [0.15, 0.2) is 5.16 Å². The normalized spacial score (nSPS) is 16.7. The van der Waals surface area contributed by atoms with E-state index in [1.54, 1.807) is 13.8 Å². The van der Waals surface area contributed by atoms with Crippen molar-refractivity contribution >= 4 is 11.7 Å². The van der Waals surface area contributed by atoms with Crippen LogP contribution in [0.5, 0.6) is 0 Å². The van der Waals surface area contributed by atoms with Crippen LogP contribution < -0.4 is 16.8 Å². The number of primary amides is 1. The lowest BCUT2D eigenvalue weighted by Crippen LogP contribution is -2.51. The predicted molar refractivity (Wildman–Crippen MR) is 58.8 cm³/mol. The minimum absolute atomic E-state index is 0.274. The number of hydrogen-bond acceptors (Lipinski definition) is 4. The first-order chi connectivity index (χ1) is 8.11. The van der Waals surface area contributed by atoms with Crippen molar-refractivity contribution in [2.75, 3.05) is 6.54 Å². The van der Waals surface area contributed by atoms with Gasteiger partial charge in [0.05, 0.1) is 6.04 Å². The topological polar surface area (TPSA) is 114 Å². The van der Waals surface area contributed by atoms with Gasteiger partial charge in [-0.1, -0.05) is 19.0 Å². The molecule has 0 aromatic heterocycles. The van der Waals surface area contributed by atoms with E-state index in [-0.39, 0.29) is 5.92 Å². The molecule has 0 aromatic carbocycles. The Bertz CT molecular complexity index is 317. The van der Waals surface area contributed by atoms with E-state index in [1.165, 1.54) is 0 Å². The van der Waals surface area contributed by atoms with Gasteiger partial charge in [0, 0.05) is 6.54 Å². The Hall–Kier alpha value is -1.51. The largest absolute Gasteiger partial charge is 0.409 e. The average molecular weight is 270 g/mol. The molecule has 0 aliphatic heterocycles. The van der Waals surface area contributed by atoms with Crippen molar-refractivity contribution in [3.8, 4) is 0 Å². The van der Waals surface area contributed by atoms with Crippen molar-refractivity contribution in [3.05, 3.63) is 0 Å². The molecule has 0 radical (unpaired) electrons. The Morgan fingerprint density at radius 3 is 2.17 bits per heavy atom.